The molecule has 0 aliphatic carbocycles. The first-order chi connectivity index (χ1) is 42.8. The molecule has 0 aliphatic rings. The van der Waals surface area contributed by atoms with Crippen LogP contribution >= 0.6 is 7.82 Å². The fraction of sp³-hybridized carbons (Fsp3) is 0.714. The molecular formula is C77H134NO8P. The first kappa shape index (κ1) is 83.4. The highest BCUT2D eigenvalue weighted by Gasteiger charge is 2.26. The molecule has 0 aromatic rings. The van der Waals surface area contributed by atoms with Gasteiger partial charge in [-0.1, -0.05) is 322 Å². The zero-order chi connectivity index (χ0) is 63.0. The highest BCUT2D eigenvalue weighted by atomic mass is 31.2. The van der Waals surface area contributed by atoms with Gasteiger partial charge in [-0.2, -0.15) is 0 Å². The van der Waals surface area contributed by atoms with Crippen molar-refractivity contribution in [2.75, 3.05) is 26.4 Å². The lowest BCUT2D eigenvalue weighted by atomic mass is 10.0. The second-order valence-electron chi connectivity index (χ2n) is 23.7. The molecule has 0 bridgehead atoms. The van der Waals surface area contributed by atoms with Crippen molar-refractivity contribution in [2.24, 2.45) is 5.73 Å². The van der Waals surface area contributed by atoms with E-state index >= 15 is 0 Å². The zero-order valence-corrected chi connectivity index (χ0v) is 57.1. The summed E-state index contributed by atoms with van der Waals surface area (Å²) < 4.78 is 33.2. The Morgan fingerprint density at radius 2 is 0.632 bits per heavy atom. The summed E-state index contributed by atoms with van der Waals surface area (Å²) in [5, 5.41) is 0. The molecule has 0 aromatic heterocycles. The molecule has 0 saturated heterocycles. The van der Waals surface area contributed by atoms with Gasteiger partial charge in [0.1, 0.15) is 6.61 Å². The summed E-state index contributed by atoms with van der Waals surface area (Å²) in [6.07, 6.45) is 100. The molecule has 0 heterocycles. The Labute approximate surface area is 536 Å². The molecule has 2 unspecified atom stereocenters. The molecule has 3 N–H and O–H groups in total. The predicted octanol–water partition coefficient (Wildman–Crippen LogP) is 23.9. The van der Waals surface area contributed by atoms with E-state index in [1.54, 1.807) is 0 Å². The van der Waals surface area contributed by atoms with Crippen molar-refractivity contribution in [3.8, 4) is 0 Å². The van der Waals surface area contributed by atoms with Crippen molar-refractivity contribution in [3.63, 3.8) is 0 Å². The van der Waals surface area contributed by atoms with Crippen molar-refractivity contribution in [1.82, 2.24) is 0 Å². The highest BCUT2D eigenvalue weighted by molar-refractivity contribution is 7.47. The van der Waals surface area contributed by atoms with Gasteiger partial charge in [-0.05, 0) is 109 Å². The number of carbonyl (C=O) groups is 2. The van der Waals surface area contributed by atoms with Crippen LogP contribution in [0, 0.1) is 0 Å². The second kappa shape index (κ2) is 71.5. The van der Waals surface area contributed by atoms with E-state index in [2.05, 4.69) is 135 Å². The van der Waals surface area contributed by atoms with E-state index in [4.69, 9.17) is 24.3 Å². The van der Waals surface area contributed by atoms with E-state index in [1.807, 2.05) is 0 Å². The number of hydrogen-bond acceptors (Lipinski definition) is 8. The Morgan fingerprint density at radius 1 is 0.356 bits per heavy atom. The molecule has 0 rings (SSSR count). The number of allylic oxidation sites excluding steroid dienone is 20. The minimum absolute atomic E-state index is 0.0500. The maximum atomic E-state index is 12.8. The molecule has 87 heavy (non-hydrogen) atoms. The van der Waals surface area contributed by atoms with E-state index in [-0.39, 0.29) is 38.6 Å². The van der Waals surface area contributed by atoms with Crippen LogP contribution in [0.4, 0.5) is 0 Å². The van der Waals surface area contributed by atoms with Gasteiger partial charge in [-0.3, -0.25) is 18.6 Å². The monoisotopic (exact) mass is 1230 g/mol. The van der Waals surface area contributed by atoms with Gasteiger partial charge in [-0.25, -0.2) is 4.57 Å². The van der Waals surface area contributed by atoms with Gasteiger partial charge in [-0.15, -0.1) is 0 Å². The molecule has 0 radical (unpaired) electrons. The molecule has 2 atom stereocenters. The minimum Gasteiger partial charge on any atom is -0.462 e. The van der Waals surface area contributed by atoms with E-state index in [0.717, 1.165) is 96.3 Å². The molecular weight excluding hydrogens is 1100 g/mol. The standard InChI is InChI=1S/C77H134NO8P/c1-3-5-7-9-11-13-15-17-19-21-23-25-27-29-30-31-32-33-34-35-36-37-38-39-40-41-42-43-44-46-48-50-52-54-56-58-60-62-64-66-68-70-77(80)86-75(74-85-87(81,82)84-72-71-78)73-83-76(79)69-67-65-63-61-59-57-55-53-51-49-47-45-28-26-24-22-20-18-16-14-12-10-8-6-4-2/h5,7,11,13,16-19,22-25,28-30,32-33,35-36,45,75H,3-4,6,8-10,12,14-15,20-21,26-27,31,34,37-44,46-74,78H2,1-2H3,(H,81,82)/b7-5-,13-11-,18-16-,19-17-,24-22-,25-23-,30-29-,33-32-,36-35-,45-28-. The topological polar surface area (TPSA) is 134 Å². The van der Waals surface area contributed by atoms with Crippen LogP contribution in [0.2, 0.25) is 0 Å². The molecule has 500 valence electrons. The Bertz CT molecular complexity index is 1840. The third-order valence-electron chi connectivity index (χ3n) is 15.3. The average Bonchev–Trinajstić information content (AvgIpc) is 3.65. The summed E-state index contributed by atoms with van der Waals surface area (Å²) in [6, 6.07) is 0. The summed E-state index contributed by atoms with van der Waals surface area (Å²) >= 11 is 0. The molecule has 10 heteroatoms. The van der Waals surface area contributed by atoms with Crippen molar-refractivity contribution in [2.45, 2.75) is 328 Å². The van der Waals surface area contributed by atoms with Crippen LogP contribution in [0.25, 0.3) is 0 Å². The summed E-state index contributed by atoms with van der Waals surface area (Å²) in [5.74, 6) is -0.825. The van der Waals surface area contributed by atoms with Gasteiger partial charge in [0.2, 0.25) is 0 Å². The first-order valence-corrected chi connectivity index (χ1v) is 37.5. The number of unbranched alkanes of at least 4 members (excludes halogenated alkanes) is 34. The molecule has 0 aromatic carbocycles. The van der Waals surface area contributed by atoms with Crippen LogP contribution in [0.3, 0.4) is 0 Å². The predicted molar refractivity (Wildman–Crippen MR) is 376 cm³/mol. The zero-order valence-electron chi connectivity index (χ0n) is 56.2. The SMILES string of the molecule is CC/C=C\C/C=C\C/C=C\C/C=C\C/C=C\C/C=C\C/C=C\CCCCCCCCCCCCCCCCCCCCCC(=O)OC(COC(=O)CCCCCCCCCCCC/C=C\C/C=C\C/C=C\CCCCCCC)COP(=O)(O)OCCN. The summed E-state index contributed by atoms with van der Waals surface area (Å²) in [7, 11) is -4.40. The Kier molecular flexibility index (Phi) is 68.5. The summed E-state index contributed by atoms with van der Waals surface area (Å²) in [5.41, 5.74) is 5.40. The number of carbonyl (C=O) groups excluding carboxylic acids is 2. The van der Waals surface area contributed by atoms with Gasteiger partial charge in [0.25, 0.3) is 0 Å². The van der Waals surface area contributed by atoms with E-state index < -0.39 is 26.5 Å². The van der Waals surface area contributed by atoms with Gasteiger partial charge in [0.05, 0.1) is 13.2 Å². The van der Waals surface area contributed by atoms with Crippen LogP contribution < -0.4 is 5.73 Å². The number of phosphoric ester groups is 1. The quantitative estimate of drug-likeness (QED) is 0.0264. The molecule has 9 nitrogen and oxygen atoms in total. The van der Waals surface area contributed by atoms with Crippen LogP contribution in [-0.4, -0.2) is 49.3 Å². The molecule has 0 aliphatic heterocycles. The van der Waals surface area contributed by atoms with Gasteiger partial charge >= 0.3 is 19.8 Å². The van der Waals surface area contributed by atoms with Crippen molar-refractivity contribution < 1.29 is 37.6 Å². The number of hydrogen-bond donors (Lipinski definition) is 2. The Balaban J connectivity index is 3.85. The average molecular weight is 1230 g/mol. The first-order valence-electron chi connectivity index (χ1n) is 36.0. The number of phosphoric acid groups is 1. The fourth-order valence-corrected chi connectivity index (χ4v) is 10.8. The molecule has 0 spiro atoms. The van der Waals surface area contributed by atoms with Gasteiger partial charge in [0.15, 0.2) is 6.10 Å². The van der Waals surface area contributed by atoms with Crippen LogP contribution in [-0.2, 0) is 32.7 Å². The largest absolute Gasteiger partial charge is 0.472 e. The highest BCUT2D eigenvalue weighted by Crippen LogP contribution is 2.43. The van der Waals surface area contributed by atoms with Crippen molar-refractivity contribution in [1.29, 1.82) is 0 Å². The maximum Gasteiger partial charge on any atom is 0.472 e. The Morgan fingerprint density at radius 3 is 0.943 bits per heavy atom. The van der Waals surface area contributed by atoms with E-state index in [1.165, 1.54) is 193 Å². The third kappa shape index (κ3) is 71.4. The lowest BCUT2D eigenvalue weighted by Crippen LogP contribution is -2.29. The second-order valence-corrected chi connectivity index (χ2v) is 25.2. The lowest BCUT2D eigenvalue weighted by molar-refractivity contribution is -0.161. The maximum absolute atomic E-state index is 12.8. The number of ether oxygens (including phenoxy) is 2. The van der Waals surface area contributed by atoms with Crippen molar-refractivity contribution in [3.05, 3.63) is 122 Å². The minimum atomic E-state index is -4.40. The van der Waals surface area contributed by atoms with E-state index in [0.29, 0.717) is 6.42 Å². The Hall–Kier alpha value is -3.59. The van der Waals surface area contributed by atoms with E-state index in [9.17, 15) is 19.0 Å². The number of esters is 2. The van der Waals surface area contributed by atoms with Gasteiger partial charge in [0, 0.05) is 19.4 Å². The fourth-order valence-electron chi connectivity index (χ4n) is 10.0. The number of rotatable bonds is 67. The summed E-state index contributed by atoms with van der Waals surface area (Å²) in [4.78, 5) is 35.4. The van der Waals surface area contributed by atoms with Crippen LogP contribution in [0.1, 0.15) is 322 Å². The smallest absolute Gasteiger partial charge is 0.462 e. The molecule has 0 fully saturated rings. The van der Waals surface area contributed by atoms with Crippen LogP contribution in [0.15, 0.2) is 122 Å². The van der Waals surface area contributed by atoms with Crippen molar-refractivity contribution >= 4 is 19.8 Å². The molecule has 0 amide bonds. The summed E-state index contributed by atoms with van der Waals surface area (Å²) in [6.45, 7) is 3.64. The number of nitrogens with two attached hydrogens (primary N) is 1. The molecule has 0 saturated carbocycles. The van der Waals surface area contributed by atoms with Crippen LogP contribution in [0.5, 0.6) is 0 Å². The lowest BCUT2D eigenvalue weighted by Gasteiger charge is -2.19. The third-order valence-corrected chi connectivity index (χ3v) is 16.3. The normalized spacial score (nSPS) is 13.7. The van der Waals surface area contributed by atoms with Gasteiger partial charge < -0.3 is 20.1 Å².